The number of nitrogens with zero attached hydrogens (tertiary/aromatic N) is 3. The quantitative estimate of drug-likeness (QED) is 0.684. The summed E-state index contributed by atoms with van der Waals surface area (Å²) in [7, 11) is 0. The van der Waals surface area contributed by atoms with Gasteiger partial charge in [0, 0.05) is 38.6 Å². The van der Waals surface area contributed by atoms with Gasteiger partial charge in [0.25, 0.3) is 5.91 Å². The molecule has 1 saturated heterocycles. The molecule has 154 valence electrons. The number of alkyl halides is 3. The first kappa shape index (κ1) is 19.9. The van der Waals surface area contributed by atoms with Crippen LogP contribution < -0.4 is 5.32 Å². The van der Waals surface area contributed by atoms with Gasteiger partial charge < -0.3 is 10.1 Å². The molecular formula is C19H19F3N4O2S. The molecule has 0 bridgehead atoms. The van der Waals surface area contributed by atoms with Crippen molar-refractivity contribution >= 4 is 22.2 Å². The Morgan fingerprint density at radius 2 is 2.03 bits per heavy atom. The van der Waals surface area contributed by atoms with Crippen LogP contribution in [-0.2, 0) is 10.9 Å². The van der Waals surface area contributed by atoms with E-state index in [0.29, 0.717) is 35.2 Å². The number of aromatic nitrogens is 2. The number of imidazole rings is 1. The number of nitrogens with one attached hydrogen (secondary N) is 1. The molecule has 1 amide bonds. The summed E-state index contributed by atoms with van der Waals surface area (Å²) >= 11 is 1.24. The normalized spacial score (nSPS) is 15.7. The van der Waals surface area contributed by atoms with E-state index in [9.17, 15) is 18.0 Å². The van der Waals surface area contributed by atoms with Gasteiger partial charge in [0.1, 0.15) is 5.69 Å². The molecule has 0 aliphatic carbocycles. The monoisotopic (exact) mass is 424 g/mol. The van der Waals surface area contributed by atoms with Crippen LogP contribution in [0.4, 0.5) is 13.2 Å². The molecule has 1 fully saturated rings. The SMILES string of the molecule is O=C(NCCN1CCOCC1)c1cn2cc(-c3cccc(C(F)(F)F)c3)sc2n1. The molecule has 6 nitrogen and oxygen atoms in total. The summed E-state index contributed by atoms with van der Waals surface area (Å²) in [6, 6.07) is 5.17. The highest BCUT2D eigenvalue weighted by Crippen LogP contribution is 2.34. The number of carbonyl (C=O) groups excluding carboxylic acids is 1. The lowest BCUT2D eigenvalue weighted by Crippen LogP contribution is -2.41. The molecule has 10 heteroatoms. The third-order valence-electron chi connectivity index (χ3n) is 4.68. The molecule has 2 aromatic heterocycles. The number of amides is 1. The van der Waals surface area contributed by atoms with Crippen LogP contribution in [0.1, 0.15) is 16.1 Å². The fourth-order valence-corrected chi connectivity index (χ4v) is 4.09. The number of halogens is 3. The number of thiazole rings is 1. The van der Waals surface area contributed by atoms with E-state index < -0.39 is 11.7 Å². The van der Waals surface area contributed by atoms with Gasteiger partial charge in [-0.2, -0.15) is 13.2 Å². The van der Waals surface area contributed by atoms with E-state index in [1.165, 1.54) is 17.4 Å². The summed E-state index contributed by atoms with van der Waals surface area (Å²) in [4.78, 5) is 20.0. The maximum atomic E-state index is 12.9. The number of benzene rings is 1. The van der Waals surface area contributed by atoms with Gasteiger partial charge in [-0.25, -0.2) is 4.98 Å². The van der Waals surface area contributed by atoms with Crippen molar-refractivity contribution in [2.45, 2.75) is 6.18 Å². The third kappa shape index (κ3) is 4.60. The van der Waals surface area contributed by atoms with Crippen LogP contribution >= 0.6 is 11.3 Å². The van der Waals surface area contributed by atoms with Crippen LogP contribution in [0, 0.1) is 0 Å². The zero-order valence-electron chi connectivity index (χ0n) is 15.4. The van der Waals surface area contributed by atoms with Gasteiger partial charge in [-0.05, 0) is 17.7 Å². The molecule has 1 aromatic carbocycles. The lowest BCUT2D eigenvalue weighted by molar-refractivity contribution is -0.137. The minimum Gasteiger partial charge on any atom is -0.379 e. The highest BCUT2D eigenvalue weighted by atomic mass is 32.1. The first-order chi connectivity index (χ1) is 13.9. The Morgan fingerprint density at radius 1 is 1.24 bits per heavy atom. The second-order valence-electron chi connectivity index (χ2n) is 6.70. The fraction of sp³-hybridized carbons (Fsp3) is 0.368. The van der Waals surface area contributed by atoms with Gasteiger partial charge in [0.05, 0.1) is 23.7 Å². The topological polar surface area (TPSA) is 58.9 Å². The molecule has 0 atom stereocenters. The Kier molecular flexibility index (Phi) is 5.57. The number of hydrogen-bond donors (Lipinski definition) is 1. The molecule has 3 aromatic rings. The summed E-state index contributed by atoms with van der Waals surface area (Å²) < 4.78 is 45.7. The fourth-order valence-electron chi connectivity index (χ4n) is 3.13. The van der Waals surface area contributed by atoms with E-state index in [1.807, 2.05) is 0 Å². The standard InChI is InChI=1S/C19H19F3N4O2S/c20-19(21,22)14-3-1-2-13(10-14)16-12-26-11-15(24-18(26)29-16)17(27)23-4-5-25-6-8-28-9-7-25/h1-3,10-12H,4-9H2,(H,23,27). The summed E-state index contributed by atoms with van der Waals surface area (Å²) in [5.74, 6) is -0.269. The van der Waals surface area contributed by atoms with E-state index in [2.05, 4.69) is 15.2 Å². The van der Waals surface area contributed by atoms with Crippen molar-refractivity contribution in [1.29, 1.82) is 0 Å². The lowest BCUT2D eigenvalue weighted by Gasteiger charge is -2.26. The van der Waals surface area contributed by atoms with E-state index in [4.69, 9.17) is 4.74 Å². The highest BCUT2D eigenvalue weighted by molar-refractivity contribution is 7.20. The molecule has 4 rings (SSSR count). The zero-order chi connectivity index (χ0) is 20.4. The molecule has 1 N–H and O–H groups in total. The second kappa shape index (κ2) is 8.13. The number of carbonyl (C=O) groups is 1. The van der Waals surface area contributed by atoms with Crippen molar-refractivity contribution in [2.24, 2.45) is 0 Å². The average molecular weight is 424 g/mol. The first-order valence-electron chi connectivity index (χ1n) is 9.14. The number of morpholine rings is 1. The van der Waals surface area contributed by atoms with E-state index in [-0.39, 0.29) is 11.6 Å². The van der Waals surface area contributed by atoms with E-state index in [0.717, 1.165) is 31.8 Å². The van der Waals surface area contributed by atoms with Crippen molar-refractivity contribution < 1.29 is 22.7 Å². The van der Waals surface area contributed by atoms with Gasteiger partial charge in [0.2, 0.25) is 0 Å². The maximum absolute atomic E-state index is 12.9. The maximum Gasteiger partial charge on any atom is 0.416 e. The number of hydrogen-bond acceptors (Lipinski definition) is 5. The summed E-state index contributed by atoms with van der Waals surface area (Å²) in [6.07, 6.45) is -1.11. The van der Waals surface area contributed by atoms with Crippen LogP contribution in [-0.4, -0.2) is 59.6 Å². The van der Waals surface area contributed by atoms with Gasteiger partial charge in [-0.15, -0.1) is 0 Å². The molecule has 0 spiro atoms. The molecule has 1 aliphatic heterocycles. The van der Waals surface area contributed by atoms with Crippen LogP contribution in [0.15, 0.2) is 36.7 Å². The largest absolute Gasteiger partial charge is 0.416 e. The minimum absolute atomic E-state index is 0.269. The Labute approximate surface area is 168 Å². The van der Waals surface area contributed by atoms with E-state index in [1.54, 1.807) is 22.9 Å². The predicted octanol–water partition coefficient (Wildman–Crippen LogP) is 3.14. The van der Waals surface area contributed by atoms with Crippen molar-refractivity contribution in [3.63, 3.8) is 0 Å². The molecule has 0 radical (unpaired) electrons. The van der Waals surface area contributed by atoms with Crippen LogP contribution in [0.25, 0.3) is 15.4 Å². The summed E-state index contributed by atoms with van der Waals surface area (Å²) in [5, 5.41) is 2.85. The second-order valence-corrected chi connectivity index (χ2v) is 7.71. The molecule has 0 saturated carbocycles. The van der Waals surface area contributed by atoms with Gasteiger partial charge in [0.15, 0.2) is 4.96 Å². The summed E-state index contributed by atoms with van der Waals surface area (Å²) in [6.45, 7) is 4.39. The Balaban J connectivity index is 1.42. The smallest absolute Gasteiger partial charge is 0.379 e. The lowest BCUT2D eigenvalue weighted by atomic mass is 10.1. The van der Waals surface area contributed by atoms with Gasteiger partial charge in [-0.1, -0.05) is 23.5 Å². The van der Waals surface area contributed by atoms with E-state index >= 15 is 0 Å². The van der Waals surface area contributed by atoms with Crippen LogP contribution in [0.2, 0.25) is 0 Å². The minimum atomic E-state index is -4.39. The van der Waals surface area contributed by atoms with Crippen molar-refractivity contribution in [3.8, 4) is 10.4 Å². The number of fused-ring (bicyclic) bond motifs is 1. The Morgan fingerprint density at radius 3 is 2.76 bits per heavy atom. The predicted molar refractivity (Wildman–Crippen MR) is 103 cm³/mol. The Bertz CT molecular complexity index is 977. The number of rotatable bonds is 5. The molecule has 0 unspecified atom stereocenters. The summed E-state index contributed by atoms with van der Waals surface area (Å²) in [5.41, 5.74) is 0.0574. The first-order valence-corrected chi connectivity index (χ1v) is 9.96. The number of ether oxygens (including phenoxy) is 1. The average Bonchev–Trinajstić information content (AvgIpc) is 3.28. The van der Waals surface area contributed by atoms with Crippen molar-refractivity contribution in [2.75, 3.05) is 39.4 Å². The van der Waals surface area contributed by atoms with Crippen LogP contribution in [0.3, 0.4) is 0 Å². The molecule has 3 heterocycles. The van der Waals surface area contributed by atoms with Gasteiger partial charge >= 0.3 is 6.18 Å². The zero-order valence-corrected chi connectivity index (χ0v) is 16.2. The van der Waals surface area contributed by atoms with Crippen molar-refractivity contribution in [3.05, 3.63) is 47.9 Å². The highest BCUT2D eigenvalue weighted by Gasteiger charge is 2.30. The van der Waals surface area contributed by atoms with Crippen molar-refractivity contribution in [1.82, 2.24) is 19.6 Å². The molecule has 29 heavy (non-hydrogen) atoms. The molecular weight excluding hydrogens is 405 g/mol. The van der Waals surface area contributed by atoms with Crippen LogP contribution in [0.5, 0.6) is 0 Å². The Hall–Kier alpha value is -2.43. The molecule has 1 aliphatic rings. The third-order valence-corrected chi connectivity index (χ3v) is 5.73. The van der Waals surface area contributed by atoms with Gasteiger partial charge in [-0.3, -0.25) is 14.1 Å².